The maximum absolute atomic E-state index is 11.6. The molecule has 0 atom stereocenters. The second-order valence-corrected chi connectivity index (χ2v) is 2.31. The first-order chi connectivity index (χ1) is 5.58. The molecular formula is C7H7BF3KO. The average molecular weight is 214 g/mol. The second kappa shape index (κ2) is 6.21. The van der Waals surface area contributed by atoms with Crippen molar-refractivity contribution < 1.29 is 69.0 Å². The van der Waals surface area contributed by atoms with Gasteiger partial charge < -0.3 is 17.6 Å². The molecule has 1 rings (SSSR count). The van der Waals surface area contributed by atoms with Crippen LogP contribution in [0.4, 0.5) is 12.9 Å². The van der Waals surface area contributed by atoms with Gasteiger partial charge in [0.1, 0.15) is 0 Å². The summed E-state index contributed by atoms with van der Waals surface area (Å²) in [6.45, 7) is -0.398. The maximum atomic E-state index is 11.6. The molecule has 0 aliphatic carbocycles. The first-order valence-electron chi connectivity index (χ1n) is 3.44. The van der Waals surface area contributed by atoms with Crippen molar-refractivity contribution in [3.8, 4) is 0 Å². The molecule has 0 aliphatic rings. The summed E-state index contributed by atoms with van der Waals surface area (Å²) in [6.07, 6.45) is 0. The van der Waals surface area contributed by atoms with Crippen molar-refractivity contribution in [3.63, 3.8) is 0 Å². The normalized spacial score (nSPS) is 10.7. The molecule has 0 fully saturated rings. The summed E-state index contributed by atoms with van der Waals surface area (Å²) >= 11 is 0. The Balaban J connectivity index is 0.00000144. The van der Waals surface area contributed by atoms with Gasteiger partial charge in [0, 0.05) is 6.61 Å². The smallest absolute Gasteiger partial charge is 0.504 e. The van der Waals surface area contributed by atoms with Crippen LogP contribution in [-0.4, -0.2) is 7.18 Å². The molecule has 0 N–H and O–H groups in total. The third kappa shape index (κ3) is 6.70. The topological polar surface area (TPSA) is 9.23 Å². The molecule has 0 heterocycles. The summed E-state index contributed by atoms with van der Waals surface area (Å²) in [4.78, 5) is 0. The molecule has 0 radical (unpaired) electrons. The third-order valence-corrected chi connectivity index (χ3v) is 1.28. The van der Waals surface area contributed by atoms with Gasteiger partial charge in [0.15, 0.2) is 0 Å². The van der Waals surface area contributed by atoms with Crippen LogP contribution in [0.15, 0.2) is 30.3 Å². The van der Waals surface area contributed by atoms with Crippen molar-refractivity contribution in [3.05, 3.63) is 35.9 Å². The average Bonchev–Trinajstić information content (AvgIpc) is 2.02. The number of hydrogen-bond acceptors (Lipinski definition) is 1. The van der Waals surface area contributed by atoms with Crippen LogP contribution in [0.5, 0.6) is 0 Å². The van der Waals surface area contributed by atoms with Gasteiger partial charge >= 0.3 is 58.6 Å². The van der Waals surface area contributed by atoms with Crippen molar-refractivity contribution in [2.45, 2.75) is 6.61 Å². The molecule has 0 spiro atoms. The molecule has 0 aliphatic heterocycles. The quantitative estimate of drug-likeness (QED) is 0.619. The van der Waals surface area contributed by atoms with Crippen molar-refractivity contribution in [2.75, 3.05) is 0 Å². The van der Waals surface area contributed by atoms with Gasteiger partial charge in [-0.15, -0.1) is 0 Å². The van der Waals surface area contributed by atoms with Crippen molar-refractivity contribution >= 4 is 7.18 Å². The van der Waals surface area contributed by atoms with Crippen molar-refractivity contribution in [1.29, 1.82) is 0 Å². The Hall–Kier alpha value is 0.671. The molecule has 66 valence electrons. The minimum atomic E-state index is -5.13. The zero-order chi connectivity index (χ0) is 9.03. The van der Waals surface area contributed by atoms with E-state index in [-0.39, 0.29) is 51.4 Å². The Morgan fingerprint density at radius 2 is 1.62 bits per heavy atom. The number of rotatable bonds is 3. The summed E-state index contributed by atoms with van der Waals surface area (Å²) in [6, 6.07) is 8.25. The Kier molecular flexibility index (Phi) is 6.53. The SMILES string of the molecule is F[B-](F)(F)OCc1ccccc1.[K+]. The predicted octanol–water partition coefficient (Wildman–Crippen LogP) is -0.449. The van der Waals surface area contributed by atoms with E-state index in [0.29, 0.717) is 5.56 Å². The van der Waals surface area contributed by atoms with E-state index in [1.165, 1.54) is 0 Å². The second-order valence-electron chi connectivity index (χ2n) is 2.31. The molecule has 6 heteroatoms. The fourth-order valence-electron chi connectivity index (χ4n) is 0.765. The fourth-order valence-corrected chi connectivity index (χ4v) is 0.765. The predicted molar refractivity (Wildman–Crippen MR) is 40.3 cm³/mol. The van der Waals surface area contributed by atoms with Crippen molar-refractivity contribution in [2.24, 2.45) is 0 Å². The van der Waals surface area contributed by atoms with Gasteiger partial charge in [-0.3, -0.25) is 0 Å². The number of halogens is 3. The summed E-state index contributed by atoms with van der Waals surface area (Å²) < 4.78 is 38.4. The van der Waals surface area contributed by atoms with Crippen LogP contribution < -0.4 is 51.4 Å². The van der Waals surface area contributed by atoms with Gasteiger partial charge in [-0.2, -0.15) is 0 Å². The van der Waals surface area contributed by atoms with Gasteiger partial charge in [-0.1, -0.05) is 30.3 Å². The minimum absolute atomic E-state index is 0. The van der Waals surface area contributed by atoms with E-state index in [2.05, 4.69) is 4.65 Å². The fraction of sp³-hybridized carbons (Fsp3) is 0.143. The molecule has 1 aromatic carbocycles. The van der Waals surface area contributed by atoms with Crippen LogP contribution in [0.3, 0.4) is 0 Å². The van der Waals surface area contributed by atoms with E-state index in [9.17, 15) is 12.9 Å². The molecule has 0 saturated carbocycles. The van der Waals surface area contributed by atoms with Gasteiger partial charge in [-0.05, 0) is 5.56 Å². The Bertz CT molecular complexity index is 239. The van der Waals surface area contributed by atoms with Crippen molar-refractivity contribution in [1.82, 2.24) is 0 Å². The zero-order valence-corrected chi connectivity index (χ0v) is 10.3. The first kappa shape index (κ1) is 13.7. The zero-order valence-electron chi connectivity index (χ0n) is 7.21. The van der Waals surface area contributed by atoms with E-state index in [0.717, 1.165) is 0 Å². The monoisotopic (exact) mass is 214 g/mol. The molecule has 0 amide bonds. The number of hydrogen-bond donors (Lipinski definition) is 0. The van der Waals surface area contributed by atoms with E-state index in [1.807, 2.05) is 0 Å². The molecule has 13 heavy (non-hydrogen) atoms. The van der Waals surface area contributed by atoms with Crippen LogP contribution >= 0.6 is 0 Å². The molecule has 0 saturated heterocycles. The molecule has 1 aromatic rings. The van der Waals surface area contributed by atoms with Crippen LogP contribution in [0.25, 0.3) is 0 Å². The first-order valence-corrected chi connectivity index (χ1v) is 3.44. The summed E-state index contributed by atoms with van der Waals surface area (Å²) in [5.74, 6) is 0. The minimum Gasteiger partial charge on any atom is -0.504 e. The molecule has 1 nitrogen and oxygen atoms in total. The van der Waals surface area contributed by atoms with Crippen LogP contribution in [0, 0.1) is 0 Å². The maximum Gasteiger partial charge on any atom is 1.00 e. The molecule has 0 unspecified atom stereocenters. The van der Waals surface area contributed by atoms with Crippen LogP contribution in [0.2, 0.25) is 0 Å². The van der Waals surface area contributed by atoms with Gasteiger partial charge in [-0.25, -0.2) is 0 Å². The third-order valence-electron chi connectivity index (χ3n) is 1.28. The van der Waals surface area contributed by atoms with E-state index >= 15 is 0 Å². The summed E-state index contributed by atoms with van der Waals surface area (Å²) in [7, 11) is -5.13. The number of benzene rings is 1. The van der Waals surface area contributed by atoms with E-state index in [1.54, 1.807) is 30.3 Å². The van der Waals surface area contributed by atoms with Gasteiger partial charge in [0.25, 0.3) is 0 Å². The molecular weight excluding hydrogens is 207 g/mol. The van der Waals surface area contributed by atoms with E-state index < -0.39 is 13.8 Å². The molecule has 0 aromatic heterocycles. The van der Waals surface area contributed by atoms with Gasteiger partial charge in [0.05, 0.1) is 0 Å². The standard InChI is InChI=1S/C7H7BF3O.K/c9-8(10,11)12-6-7-4-2-1-3-5-7;/h1-5H,6H2;/q-1;+1. The summed E-state index contributed by atoms with van der Waals surface area (Å²) in [5, 5.41) is 0. The summed E-state index contributed by atoms with van der Waals surface area (Å²) in [5.41, 5.74) is 0.525. The Morgan fingerprint density at radius 1 is 1.08 bits per heavy atom. The Labute approximate surface area is 117 Å². The Morgan fingerprint density at radius 3 is 2.08 bits per heavy atom. The largest absolute Gasteiger partial charge is 1.00 e. The van der Waals surface area contributed by atoms with E-state index in [4.69, 9.17) is 0 Å². The molecule has 0 bridgehead atoms. The van der Waals surface area contributed by atoms with Crippen LogP contribution in [0.1, 0.15) is 5.56 Å². The van der Waals surface area contributed by atoms with Crippen LogP contribution in [-0.2, 0) is 11.3 Å². The van der Waals surface area contributed by atoms with Gasteiger partial charge in [0.2, 0.25) is 0 Å².